The number of esters is 1. The van der Waals surface area contributed by atoms with Gasteiger partial charge in [0.15, 0.2) is 0 Å². The maximum atomic E-state index is 12.3. The van der Waals surface area contributed by atoms with Crippen molar-refractivity contribution in [3.8, 4) is 0 Å². The van der Waals surface area contributed by atoms with Crippen LogP contribution in [0.5, 0.6) is 0 Å². The van der Waals surface area contributed by atoms with E-state index in [1.54, 1.807) is 13.8 Å². The standard InChI is InChI=1S/C11H16F3NO3/c1-4-15(5-2)7-8(10(17)18-6-3)9(16)11(12,13)14/h7H,4-6H2,1-3H3. The highest BCUT2D eigenvalue weighted by Gasteiger charge is 2.43. The number of ketones is 1. The number of rotatable bonds is 6. The van der Waals surface area contributed by atoms with Crippen LogP contribution in [0.1, 0.15) is 20.8 Å². The van der Waals surface area contributed by atoms with Gasteiger partial charge in [-0.3, -0.25) is 4.79 Å². The van der Waals surface area contributed by atoms with E-state index in [0.29, 0.717) is 13.1 Å². The topological polar surface area (TPSA) is 46.6 Å². The van der Waals surface area contributed by atoms with Gasteiger partial charge < -0.3 is 9.64 Å². The molecule has 0 radical (unpaired) electrons. The molecule has 0 spiro atoms. The van der Waals surface area contributed by atoms with Gasteiger partial charge in [0, 0.05) is 19.3 Å². The summed E-state index contributed by atoms with van der Waals surface area (Å²) < 4.78 is 41.5. The Bertz CT molecular complexity index is 333. The Kier molecular flexibility index (Phi) is 6.43. The first kappa shape index (κ1) is 16.5. The molecule has 0 heterocycles. The molecule has 0 aliphatic carbocycles. The Balaban J connectivity index is 5.30. The smallest absolute Gasteiger partial charge is 0.455 e. The molecule has 0 aromatic rings. The third-order valence-electron chi connectivity index (χ3n) is 2.12. The van der Waals surface area contributed by atoms with E-state index in [1.165, 1.54) is 11.8 Å². The monoisotopic (exact) mass is 267 g/mol. The van der Waals surface area contributed by atoms with Gasteiger partial charge >= 0.3 is 12.1 Å². The fourth-order valence-corrected chi connectivity index (χ4v) is 1.15. The van der Waals surface area contributed by atoms with E-state index < -0.39 is 23.5 Å². The molecule has 0 saturated carbocycles. The van der Waals surface area contributed by atoms with Crippen LogP contribution in [0.25, 0.3) is 0 Å². The molecule has 0 aromatic carbocycles. The first-order valence-electron chi connectivity index (χ1n) is 5.52. The lowest BCUT2D eigenvalue weighted by Crippen LogP contribution is -2.31. The summed E-state index contributed by atoms with van der Waals surface area (Å²) in [6.45, 7) is 5.50. The summed E-state index contributed by atoms with van der Waals surface area (Å²) in [4.78, 5) is 23.9. The molecule has 0 aliphatic rings. The van der Waals surface area contributed by atoms with Gasteiger partial charge in [0.2, 0.25) is 0 Å². The number of carbonyl (C=O) groups is 2. The zero-order valence-electron chi connectivity index (χ0n) is 10.5. The van der Waals surface area contributed by atoms with Crippen LogP contribution in [0.2, 0.25) is 0 Å². The molecular formula is C11H16F3NO3. The van der Waals surface area contributed by atoms with E-state index in [0.717, 1.165) is 6.20 Å². The van der Waals surface area contributed by atoms with Crippen molar-refractivity contribution in [3.63, 3.8) is 0 Å². The summed E-state index contributed by atoms with van der Waals surface area (Å²) in [6, 6.07) is 0. The summed E-state index contributed by atoms with van der Waals surface area (Å²) in [5, 5.41) is 0. The van der Waals surface area contributed by atoms with Crippen LogP contribution >= 0.6 is 0 Å². The molecule has 0 amide bonds. The highest BCUT2D eigenvalue weighted by Crippen LogP contribution is 2.21. The summed E-state index contributed by atoms with van der Waals surface area (Å²) in [5.74, 6) is -3.44. The number of nitrogens with zero attached hydrogens (tertiary/aromatic N) is 1. The molecule has 0 rings (SSSR count). The van der Waals surface area contributed by atoms with Gasteiger partial charge in [-0.05, 0) is 20.8 Å². The number of halogens is 3. The zero-order chi connectivity index (χ0) is 14.3. The second-order valence-electron chi connectivity index (χ2n) is 3.31. The van der Waals surface area contributed by atoms with Crippen LogP contribution in [-0.2, 0) is 14.3 Å². The summed E-state index contributed by atoms with van der Waals surface area (Å²) in [7, 11) is 0. The minimum Gasteiger partial charge on any atom is -0.462 e. The maximum Gasteiger partial charge on any atom is 0.455 e. The van der Waals surface area contributed by atoms with E-state index in [2.05, 4.69) is 4.74 Å². The molecule has 18 heavy (non-hydrogen) atoms. The van der Waals surface area contributed by atoms with E-state index >= 15 is 0 Å². The lowest BCUT2D eigenvalue weighted by molar-refractivity contribution is -0.168. The molecule has 0 saturated heterocycles. The molecule has 0 atom stereocenters. The van der Waals surface area contributed by atoms with Crippen LogP contribution < -0.4 is 0 Å². The highest BCUT2D eigenvalue weighted by atomic mass is 19.4. The molecule has 0 fully saturated rings. The second-order valence-corrected chi connectivity index (χ2v) is 3.31. The van der Waals surface area contributed by atoms with Gasteiger partial charge in [0.05, 0.1) is 6.61 Å². The first-order valence-corrected chi connectivity index (χ1v) is 5.52. The fraction of sp³-hybridized carbons (Fsp3) is 0.636. The quantitative estimate of drug-likeness (QED) is 0.319. The van der Waals surface area contributed by atoms with Gasteiger partial charge in [0.1, 0.15) is 5.57 Å². The summed E-state index contributed by atoms with van der Waals surface area (Å²) >= 11 is 0. The SMILES string of the molecule is CCOC(=O)C(=CN(CC)CC)C(=O)C(F)(F)F. The molecule has 0 bridgehead atoms. The lowest BCUT2D eigenvalue weighted by Gasteiger charge is -2.17. The maximum absolute atomic E-state index is 12.3. The van der Waals surface area contributed by atoms with Crippen LogP contribution in [0.3, 0.4) is 0 Å². The van der Waals surface area contributed by atoms with E-state index in [1.807, 2.05) is 0 Å². The van der Waals surface area contributed by atoms with Crippen molar-refractivity contribution >= 4 is 11.8 Å². The number of ether oxygens (including phenoxy) is 1. The third-order valence-corrected chi connectivity index (χ3v) is 2.12. The normalized spacial score (nSPS) is 12.2. The lowest BCUT2D eigenvalue weighted by atomic mass is 10.1. The molecule has 4 nitrogen and oxygen atoms in total. The van der Waals surface area contributed by atoms with E-state index in [4.69, 9.17) is 0 Å². The molecule has 0 unspecified atom stereocenters. The molecule has 7 heteroatoms. The van der Waals surface area contributed by atoms with Crippen molar-refractivity contribution in [1.82, 2.24) is 4.90 Å². The van der Waals surface area contributed by atoms with Crippen molar-refractivity contribution in [1.29, 1.82) is 0 Å². The summed E-state index contributed by atoms with van der Waals surface area (Å²) in [5.41, 5.74) is -0.993. The van der Waals surface area contributed by atoms with Crippen molar-refractivity contribution < 1.29 is 27.5 Å². The van der Waals surface area contributed by atoms with Gasteiger partial charge in [-0.25, -0.2) is 4.79 Å². The molecule has 0 aromatic heterocycles. The number of Topliss-reactive ketones (excluding diaryl/α,β-unsaturated/α-hetero) is 1. The van der Waals surface area contributed by atoms with Crippen LogP contribution in [-0.4, -0.2) is 42.5 Å². The minimum atomic E-state index is -5.09. The van der Waals surface area contributed by atoms with Gasteiger partial charge in [-0.2, -0.15) is 13.2 Å². The Morgan fingerprint density at radius 2 is 1.67 bits per heavy atom. The molecule has 0 aliphatic heterocycles. The van der Waals surface area contributed by atoms with E-state index in [-0.39, 0.29) is 6.61 Å². The first-order chi connectivity index (χ1) is 8.27. The average Bonchev–Trinajstić information content (AvgIpc) is 2.29. The second kappa shape index (κ2) is 7.03. The van der Waals surface area contributed by atoms with Gasteiger partial charge in [-0.15, -0.1) is 0 Å². The van der Waals surface area contributed by atoms with Crippen LogP contribution in [0.15, 0.2) is 11.8 Å². The number of hydrogen-bond acceptors (Lipinski definition) is 4. The average molecular weight is 267 g/mol. The Morgan fingerprint density at radius 3 is 2.00 bits per heavy atom. The van der Waals surface area contributed by atoms with Crippen molar-refractivity contribution in [2.45, 2.75) is 26.9 Å². The largest absolute Gasteiger partial charge is 0.462 e. The zero-order valence-corrected chi connectivity index (χ0v) is 10.5. The number of hydrogen-bond donors (Lipinski definition) is 0. The fourth-order valence-electron chi connectivity index (χ4n) is 1.15. The predicted molar refractivity (Wildman–Crippen MR) is 58.7 cm³/mol. The van der Waals surface area contributed by atoms with Crippen molar-refractivity contribution in [2.24, 2.45) is 0 Å². The van der Waals surface area contributed by atoms with Crippen molar-refractivity contribution in [3.05, 3.63) is 11.8 Å². The van der Waals surface area contributed by atoms with Crippen molar-refractivity contribution in [2.75, 3.05) is 19.7 Å². The molecule has 0 N–H and O–H groups in total. The van der Waals surface area contributed by atoms with Crippen LogP contribution in [0.4, 0.5) is 13.2 Å². The Hall–Kier alpha value is -1.53. The molecule has 104 valence electrons. The highest BCUT2D eigenvalue weighted by molar-refractivity contribution is 6.19. The minimum absolute atomic E-state index is 0.0977. The number of alkyl halides is 3. The number of carbonyl (C=O) groups excluding carboxylic acids is 2. The third kappa shape index (κ3) is 4.77. The predicted octanol–water partition coefficient (Wildman–Crippen LogP) is 1.91. The van der Waals surface area contributed by atoms with Crippen LogP contribution in [0, 0.1) is 0 Å². The molecular weight excluding hydrogens is 251 g/mol. The Labute approximate surface area is 103 Å². The Morgan fingerprint density at radius 1 is 1.17 bits per heavy atom. The summed E-state index contributed by atoms with van der Waals surface area (Å²) in [6.07, 6.45) is -4.19. The van der Waals surface area contributed by atoms with Gasteiger partial charge in [0.25, 0.3) is 5.78 Å². The van der Waals surface area contributed by atoms with Gasteiger partial charge in [-0.1, -0.05) is 0 Å². The van der Waals surface area contributed by atoms with E-state index in [9.17, 15) is 22.8 Å².